The minimum absolute atomic E-state index is 0.156. The van der Waals surface area contributed by atoms with Crippen molar-refractivity contribution in [3.63, 3.8) is 0 Å². The Morgan fingerprint density at radius 3 is 2.00 bits per heavy atom. The van der Waals surface area contributed by atoms with Gasteiger partial charge in [0.2, 0.25) is 0 Å². The molecule has 0 bridgehead atoms. The van der Waals surface area contributed by atoms with Crippen LogP contribution in [0.2, 0.25) is 0 Å². The average Bonchev–Trinajstić information content (AvgIpc) is 3.28. The first-order chi connectivity index (χ1) is 20.1. The van der Waals surface area contributed by atoms with E-state index >= 15 is 0 Å². The summed E-state index contributed by atoms with van der Waals surface area (Å²) in [5.41, 5.74) is 0.0920. The van der Waals surface area contributed by atoms with Crippen LogP contribution in [0.4, 0.5) is 0 Å². The Labute approximate surface area is 244 Å². The predicted molar refractivity (Wildman–Crippen MR) is 147 cm³/mol. The van der Waals surface area contributed by atoms with Crippen molar-refractivity contribution < 1.29 is 59.8 Å². The molecule has 0 aromatic heterocycles. The van der Waals surface area contributed by atoms with Crippen molar-refractivity contribution in [3.8, 4) is 11.5 Å². The summed E-state index contributed by atoms with van der Waals surface area (Å²) in [5, 5.41) is 80.6. The third-order valence-electron chi connectivity index (χ3n) is 7.89. The van der Waals surface area contributed by atoms with Crippen LogP contribution in [0.3, 0.4) is 0 Å². The second-order valence-corrected chi connectivity index (χ2v) is 11.1. The lowest BCUT2D eigenvalue weighted by molar-refractivity contribution is -0.344. The third kappa shape index (κ3) is 8.17. The number of benzene rings is 2. The Morgan fingerprint density at radius 1 is 0.810 bits per heavy atom. The third-order valence-corrected chi connectivity index (χ3v) is 7.89. The number of aryl methyl sites for hydroxylation is 2. The van der Waals surface area contributed by atoms with Gasteiger partial charge in [-0.1, -0.05) is 30.7 Å². The van der Waals surface area contributed by atoms with Crippen LogP contribution in [0.25, 0.3) is 0 Å². The minimum Gasteiger partial charge on any atom is -0.508 e. The molecule has 2 saturated heterocycles. The van der Waals surface area contributed by atoms with E-state index in [1.807, 2.05) is 24.3 Å². The predicted octanol–water partition coefficient (Wildman–Crippen LogP) is 0.0934. The number of aromatic hydroxyl groups is 2. The van der Waals surface area contributed by atoms with Gasteiger partial charge in [0.1, 0.15) is 47.6 Å². The maximum atomic E-state index is 10.9. The highest BCUT2D eigenvalue weighted by molar-refractivity contribution is 5.26. The highest BCUT2D eigenvalue weighted by atomic mass is 16.8. The first-order valence-corrected chi connectivity index (χ1v) is 14.3. The zero-order valence-electron chi connectivity index (χ0n) is 23.3. The molecule has 4 rings (SSSR count). The van der Waals surface area contributed by atoms with E-state index in [1.54, 1.807) is 24.3 Å². The molecule has 0 radical (unpaired) electrons. The first kappa shape index (κ1) is 32.6. The van der Waals surface area contributed by atoms with E-state index in [1.165, 1.54) is 0 Å². The molecular formula is C30H42O12. The fourth-order valence-corrected chi connectivity index (χ4v) is 5.20. The smallest absolute Gasteiger partial charge is 0.187 e. The van der Waals surface area contributed by atoms with Gasteiger partial charge in [0.25, 0.3) is 0 Å². The molecule has 8 N–H and O–H groups in total. The maximum absolute atomic E-state index is 10.9. The summed E-state index contributed by atoms with van der Waals surface area (Å²) in [6.45, 7) is -1.79. The molecule has 9 atom stereocenters. The van der Waals surface area contributed by atoms with Gasteiger partial charge in [-0.3, -0.25) is 0 Å². The summed E-state index contributed by atoms with van der Waals surface area (Å²) < 4.78 is 23.3. The SMILES string of the molecule is OCC1OC(OC(CCCCc2ccc(O)cc2)CCc2ccc(O)cc2)C(OC2OCC(O)(CO)C2O)C(O)C1O. The quantitative estimate of drug-likeness (QED) is 0.137. The Bertz CT molecular complexity index is 1080. The van der Waals surface area contributed by atoms with Crippen LogP contribution >= 0.6 is 0 Å². The number of hydrogen-bond acceptors (Lipinski definition) is 12. The van der Waals surface area contributed by atoms with Gasteiger partial charge in [0.15, 0.2) is 12.6 Å². The highest BCUT2D eigenvalue weighted by Crippen LogP contribution is 2.32. The number of hydrogen-bond donors (Lipinski definition) is 8. The molecule has 2 aromatic rings. The fraction of sp³-hybridized carbons (Fsp3) is 0.600. The number of ether oxygens (including phenoxy) is 4. The second kappa shape index (κ2) is 14.9. The molecule has 0 amide bonds. The van der Waals surface area contributed by atoms with Crippen molar-refractivity contribution in [3.05, 3.63) is 59.7 Å². The van der Waals surface area contributed by atoms with Crippen LogP contribution in [0.5, 0.6) is 11.5 Å². The Hall–Kier alpha value is -2.36. The lowest BCUT2D eigenvalue weighted by Gasteiger charge is -2.43. The van der Waals surface area contributed by atoms with Gasteiger partial charge < -0.3 is 59.8 Å². The molecule has 234 valence electrons. The van der Waals surface area contributed by atoms with Gasteiger partial charge in [-0.15, -0.1) is 0 Å². The van der Waals surface area contributed by atoms with E-state index in [0.29, 0.717) is 19.3 Å². The normalized spacial score (nSPS) is 32.2. The number of phenols is 2. The summed E-state index contributed by atoms with van der Waals surface area (Å²) in [5.74, 6) is 0.360. The van der Waals surface area contributed by atoms with Crippen LogP contribution in [-0.2, 0) is 31.8 Å². The van der Waals surface area contributed by atoms with Gasteiger partial charge in [0.05, 0.1) is 25.9 Å². The van der Waals surface area contributed by atoms with Crippen molar-refractivity contribution in [2.24, 2.45) is 0 Å². The molecule has 2 aromatic carbocycles. The molecular weight excluding hydrogens is 552 g/mol. The van der Waals surface area contributed by atoms with Crippen LogP contribution < -0.4 is 0 Å². The van der Waals surface area contributed by atoms with Crippen LogP contribution in [0, 0.1) is 0 Å². The number of unbranched alkanes of at least 4 members (excludes halogenated alkanes) is 1. The largest absolute Gasteiger partial charge is 0.508 e. The Morgan fingerprint density at radius 2 is 1.43 bits per heavy atom. The molecule has 2 fully saturated rings. The lowest BCUT2D eigenvalue weighted by Crippen LogP contribution is -2.62. The van der Waals surface area contributed by atoms with Gasteiger partial charge in [-0.25, -0.2) is 0 Å². The molecule has 0 saturated carbocycles. The van der Waals surface area contributed by atoms with E-state index in [2.05, 4.69) is 0 Å². The number of aliphatic hydroxyl groups excluding tert-OH is 5. The number of aliphatic hydroxyl groups is 6. The van der Waals surface area contributed by atoms with E-state index in [9.17, 15) is 40.9 Å². The molecule has 12 heteroatoms. The molecule has 2 aliphatic heterocycles. The topological polar surface area (TPSA) is 199 Å². The Balaban J connectivity index is 1.46. The van der Waals surface area contributed by atoms with E-state index in [4.69, 9.17) is 18.9 Å². The standard InChI is InChI=1S/C30H42O12/c31-15-23-24(35)25(36)26(42-29-27(37)30(38,16-32)17-39-29)28(41-23)40-22(14-9-19-7-12-21(34)13-8-19)4-2-1-3-18-5-10-20(33)11-6-18/h5-8,10-13,22-29,31-38H,1-4,9,14-17H2. The lowest BCUT2D eigenvalue weighted by atomic mass is 9.97. The zero-order chi connectivity index (χ0) is 30.3. The maximum Gasteiger partial charge on any atom is 0.187 e. The second-order valence-electron chi connectivity index (χ2n) is 11.1. The average molecular weight is 595 g/mol. The van der Waals surface area contributed by atoms with E-state index in [0.717, 1.165) is 30.4 Å². The molecule has 2 heterocycles. The van der Waals surface area contributed by atoms with Crippen molar-refractivity contribution in [1.82, 2.24) is 0 Å². The van der Waals surface area contributed by atoms with Gasteiger partial charge >= 0.3 is 0 Å². The summed E-state index contributed by atoms with van der Waals surface area (Å²) in [6, 6.07) is 13.8. The molecule has 0 spiro atoms. The van der Waals surface area contributed by atoms with E-state index < -0.39 is 74.6 Å². The van der Waals surface area contributed by atoms with Crippen molar-refractivity contribution in [2.75, 3.05) is 19.8 Å². The van der Waals surface area contributed by atoms with Crippen molar-refractivity contribution in [2.45, 2.75) is 93.3 Å². The molecule has 12 nitrogen and oxygen atoms in total. The van der Waals surface area contributed by atoms with Gasteiger partial charge in [-0.05, 0) is 67.5 Å². The van der Waals surface area contributed by atoms with Crippen LogP contribution in [0.15, 0.2) is 48.5 Å². The number of phenolic OH excluding ortho intramolecular Hbond substituents is 2. The van der Waals surface area contributed by atoms with Crippen LogP contribution in [-0.4, -0.2) is 115 Å². The number of rotatable bonds is 14. The summed E-state index contributed by atoms with van der Waals surface area (Å²) >= 11 is 0. The molecule has 9 unspecified atom stereocenters. The monoisotopic (exact) mass is 594 g/mol. The minimum atomic E-state index is -1.96. The van der Waals surface area contributed by atoms with Gasteiger partial charge in [-0.2, -0.15) is 0 Å². The highest BCUT2D eigenvalue weighted by Gasteiger charge is 2.53. The van der Waals surface area contributed by atoms with Gasteiger partial charge in [0, 0.05) is 0 Å². The summed E-state index contributed by atoms with van der Waals surface area (Å²) in [7, 11) is 0. The summed E-state index contributed by atoms with van der Waals surface area (Å²) in [4.78, 5) is 0. The molecule has 0 aliphatic carbocycles. The van der Waals surface area contributed by atoms with Crippen LogP contribution in [0.1, 0.15) is 36.8 Å². The zero-order valence-corrected chi connectivity index (χ0v) is 23.3. The molecule has 42 heavy (non-hydrogen) atoms. The van der Waals surface area contributed by atoms with E-state index in [-0.39, 0.29) is 11.5 Å². The van der Waals surface area contributed by atoms with Crippen molar-refractivity contribution >= 4 is 0 Å². The first-order valence-electron chi connectivity index (χ1n) is 14.3. The Kier molecular flexibility index (Phi) is 11.5. The fourth-order valence-electron chi connectivity index (χ4n) is 5.20. The molecule has 2 aliphatic rings. The summed E-state index contributed by atoms with van der Waals surface area (Å²) in [6.07, 6.45) is -6.32. The van der Waals surface area contributed by atoms with Crippen molar-refractivity contribution in [1.29, 1.82) is 0 Å².